The molecule has 0 aliphatic carbocycles. The molecule has 5 heteroatoms. The lowest BCUT2D eigenvalue weighted by molar-refractivity contribution is 0.592. The molecule has 0 saturated carbocycles. The van der Waals surface area contributed by atoms with Crippen LogP contribution in [-0.4, -0.2) is 14.4 Å². The van der Waals surface area contributed by atoms with E-state index in [4.69, 9.17) is 9.97 Å². The van der Waals surface area contributed by atoms with E-state index < -0.39 is 7.14 Å². The average Bonchev–Trinajstić information content (AvgIpc) is 3.51. The second-order valence-corrected chi connectivity index (χ2v) is 14.1. The van der Waals surface area contributed by atoms with Crippen molar-refractivity contribution in [3.05, 3.63) is 158 Å². The number of benzene rings is 6. The van der Waals surface area contributed by atoms with Crippen LogP contribution in [0, 0.1) is 0 Å². The first-order chi connectivity index (χ1) is 22.2. The SMILES string of the molecule is O=P(c1ccccc1)(c1ccccc1)c1ccc(-c2ccc3c(c2)nc2c4ccccc4c4ccccc4n32)c2cccnc12. The maximum absolute atomic E-state index is 15.3. The maximum atomic E-state index is 15.3. The van der Waals surface area contributed by atoms with Gasteiger partial charge >= 0.3 is 0 Å². The summed E-state index contributed by atoms with van der Waals surface area (Å²) in [6.45, 7) is 0. The zero-order valence-corrected chi connectivity index (χ0v) is 25.1. The highest BCUT2D eigenvalue weighted by molar-refractivity contribution is 7.85. The Balaban J connectivity index is 1.29. The molecule has 212 valence electrons. The number of rotatable bonds is 4. The minimum atomic E-state index is -3.22. The number of hydrogen-bond acceptors (Lipinski definition) is 3. The number of para-hydroxylation sites is 1. The molecule has 45 heavy (non-hydrogen) atoms. The van der Waals surface area contributed by atoms with Gasteiger partial charge in [0.1, 0.15) is 5.65 Å². The summed E-state index contributed by atoms with van der Waals surface area (Å²) in [7, 11) is -3.22. The lowest BCUT2D eigenvalue weighted by Crippen LogP contribution is -2.26. The molecule has 9 aromatic rings. The highest BCUT2D eigenvalue weighted by Crippen LogP contribution is 2.45. The molecule has 3 heterocycles. The van der Waals surface area contributed by atoms with E-state index in [0.717, 1.165) is 65.5 Å². The van der Waals surface area contributed by atoms with Gasteiger partial charge in [-0.05, 0) is 46.8 Å². The molecule has 0 bridgehead atoms. The Hall–Kier alpha value is -5.57. The topological polar surface area (TPSA) is 47.3 Å². The van der Waals surface area contributed by atoms with Crippen molar-refractivity contribution >= 4 is 72.3 Å². The third kappa shape index (κ3) is 3.83. The second-order valence-electron chi connectivity index (χ2n) is 11.3. The molecule has 9 rings (SSSR count). The fourth-order valence-electron chi connectivity index (χ4n) is 6.85. The van der Waals surface area contributed by atoms with Crippen LogP contribution in [0.15, 0.2) is 158 Å². The van der Waals surface area contributed by atoms with Gasteiger partial charge in [0.2, 0.25) is 0 Å². The van der Waals surface area contributed by atoms with Crippen LogP contribution in [0.5, 0.6) is 0 Å². The van der Waals surface area contributed by atoms with Gasteiger partial charge in [0, 0.05) is 38.3 Å². The zero-order valence-electron chi connectivity index (χ0n) is 24.2. The normalized spacial score (nSPS) is 12.1. The number of fused-ring (bicyclic) bond motifs is 9. The van der Waals surface area contributed by atoms with Crippen molar-refractivity contribution in [3.63, 3.8) is 0 Å². The molecule has 0 N–H and O–H groups in total. The van der Waals surface area contributed by atoms with E-state index in [2.05, 4.69) is 83.3 Å². The van der Waals surface area contributed by atoms with Crippen LogP contribution in [0.2, 0.25) is 0 Å². The lowest BCUT2D eigenvalue weighted by Gasteiger charge is -2.22. The molecule has 4 nitrogen and oxygen atoms in total. The highest BCUT2D eigenvalue weighted by Gasteiger charge is 2.32. The van der Waals surface area contributed by atoms with Crippen molar-refractivity contribution in [2.75, 3.05) is 0 Å². The zero-order chi connectivity index (χ0) is 30.0. The van der Waals surface area contributed by atoms with Gasteiger partial charge in [-0.1, -0.05) is 121 Å². The van der Waals surface area contributed by atoms with Gasteiger partial charge in [0.15, 0.2) is 7.14 Å². The van der Waals surface area contributed by atoms with Crippen LogP contribution >= 0.6 is 7.14 Å². The van der Waals surface area contributed by atoms with Crippen molar-refractivity contribution in [2.45, 2.75) is 0 Å². The predicted octanol–water partition coefficient (Wildman–Crippen LogP) is 8.65. The summed E-state index contributed by atoms with van der Waals surface area (Å²) in [5.74, 6) is 0. The van der Waals surface area contributed by atoms with Crippen molar-refractivity contribution in [1.29, 1.82) is 0 Å². The molecular formula is C40H26N3OP. The molecule has 0 aliphatic heterocycles. The van der Waals surface area contributed by atoms with E-state index in [1.807, 2.05) is 72.8 Å². The van der Waals surface area contributed by atoms with Crippen LogP contribution < -0.4 is 15.9 Å². The molecule has 3 aromatic heterocycles. The Kier molecular flexibility index (Phi) is 5.74. The minimum Gasteiger partial charge on any atom is -0.309 e. The number of aromatic nitrogens is 3. The standard InChI is InChI=1S/C40H26N3OP/c44-45(28-12-3-1-4-13-28,29-14-5-2-6-15-29)38-24-22-30(33-19-11-25-41-39(33)38)27-21-23-37-35(26-27)42-40-34-18-8-7-16-31(34)32-17-9-10-20-36(32)43(37)40/h1-26H. The summed E-state index contributed by atoms with van der Waals surface area (Å²) < 4.78 is 17.6. The fraction of sp³-hybridized carbons (Fsp3) is 0. The summed E-state index contributed by atoms with van der Waals surface area (Å²) in [6, 6.07) is 51.2. The van der Waals surface area contributed by atoms with E-state index in [1.165, 1.54) is 10.8 Å². The molecule has 0 atom stereocenters. The van der Waals surface area contributed by atoms with Gasteiger partial charge < -0.3 is 4.57 Å². The smallest absolute Gasteiger partial charge is 0.173 e. The Labute approximate surface area is 259 Å². The summed E-state index contributed by atoms with van der Waals surface area (Å²) in [5.41, 5.74) is 6.89. The van der Waals surface area contributed by atoms with Gasteiger partial charge in [-0.2, -0.15) is 0 Å². The molecule has 0 unspecified atom stereocenters. The Morgan fingerprint density at radius 3 is 1.93 bits per heavy atom. The van der Waals surface area contributed by atoms with Gasteiger partial charge in [0.25, 0.3) is 0 Å². The van der Waals surface area contributed by atoms with Crippen LogP contribution in [0.4, 0.5) is 0 Å². The average molecular weight is 596 g/mol. The molecular weight excluding hydrogens is 569 g/mol. The van der Waals surface area contributed by atoms with Crippen molar-refractivity contribution in [1.82, 2.24) is 14.4 Å². The Bertz CT molecular complexity index is 2580. The summed E-state index contributed by atoms with van der Waals surface area (Å²) in [4.78, 5) is 10.1. The third-order valence-corrected chi connectivity index (χ3v) is 12.0. The Morgan fingerprint density at radius 1 is 0.533 bits per heavy atom. The number of imidazole rings is 1. The monoisotopic (exact) mass is 595 g/mol. The van der Waals surface area contributed by atoms with E-state index in [-0.39, 0.29) is 0 Å². The predicted molar refractivity (Wildman–Crippen MR) is 188 cm³/mol. The molecule has 0 spiro atoms. The van der Waals surface area contributed by atoms with E-state index in [0.29, 0.717) is 0 Å². The molecule has 6 aromatic carbocycles. The van der Waals surface area contributed by atoms with Gasteiger partial charge in [-0.15, -0.1) is 0 Å². The summed E-state index contributed by atoms with van der Waals surface area (Å²) >= 11 is 0. The number of pyridine rings is 2. The lowest BCUT2D eigenvalue weighted by atomic mass is 10.00. The van der Waals surface area contributed by atoms with E-state index >= 15 is 4.57 Å². The first-order valence-corrected chi connectivity index (χ1v) is 16.7. The number of nitrogens with zero attached hydrogens (tertiary/aromatic N) is 3. The van der Waals surface area contributed by atoms with E-state index in [9.17, 15) is 0 Å². The second kappa shape index (κ2) is 9.99. The third-order valence-electron chi connectivity index (χ3n) is 8.90. The fourth-order valence-corrected chi connectivity index (χ4v) is 9.65. The van der Waals surface area contributed by atoms with Crippen LogP contribution in [0.3, 0.4) is 0 Å². The molecule has 0 aliphatic rings. The van der Waals surface area contributed by atoms with Gasteiger partial charge in [0.05, 0.1) is 22.1 Å². The molecule has 0 fully saturated rings. The summed E-state index contributed by atoms with van der Waals surface area (Å²) in [6.07, 6.45) is 1.79. The highest BCUT2D eigenvalue weighted by atomic mass is 31.2. The maximum Gasteiger partial charge on any atom is 0.173 e. The quantitative estimate of drug-likeness (QED) is 0.151. The summed E-state index contributed by atoms with van der Waals surface area (Å²) in [5, 5.41) is 6.82. The minimum absolute atomic E-state index is 0.742. The van der Waals surface area contributed by atoms with E-state index in [1.54, 1.807) is 6.20 Å². The molecule has 0 amide bonds. The van der Waals surface area contributed by atoms with Crippen molar-refractivity contribution in [3.8, 4) is 11.1 Å². The molecule has 0 radical (unpaired) electrons. The van der Waals surface area contributed by atoms with Crippen LogP contribution in [-0.2, 0) is 4.57 Å². The first-order valence-electron chi connectivity index (χ1n) is 15.0. The Morgan fingerprint density at radius 2 is 1.18 bits per heavy atom. The van der Waals surface area contributed by atoms with Crippen molar-refractivity contribution in [2.24, 2.45) is 0 Å². The van der Waals surface area contributed by atoms with Crippen LogP contribution in [0.25, 0.3) is 60.4 Å². The van der Waals surface area contributed by atoms with Gasteiger partial charge in [-0.3, -0.25) is 9.38 Å². The van der Waals surface area contributed by atoms with Gasteiger partial charge in [-0.25, -0.2) is 4.98 Å². The largest absolute Gasteiger partial charge is 0.309 e. The number of hydrogen-bond donors (Lipinski definition) is 0. The van der Waals surface area contributed by atoms with Crippen molar-refractivity contribution < 1.29 is 4.57 Å². The van der Waals surface area contributed by atoms with Crippen LogP contribution in [0.1, 0.15) is 0 Å². The molecule has 0 saturated heterocycles. The first kappa shape index (κ1) is 25.9.